The molecule has 7 nitrogen and oxygen atoms in total. The van der Waals surface area contributed by atoms with Crippen LogP contribution in [0.5, 0.6) is 0 Å². The first kappa shape index (κ1) is 21.5. The molecule has 1 heterocycles. The molecule has 3 N–H and O–H groups in total. The average molecular weight is 386 g/mol. The maximum atomic E-state index is 12.3. The minimum atomic E-state index is -0.270. The summed E-state index contributed by atoms with van der Waals surface area (Å²) in [5.74, 6) is 1.65. The standard InChI is InChI=1S/C21H31N5O2/c1-14(2)18-11-17(28-26-18)13-24-20(22-6)23-12-15-8-7-9-16(10-15)19(27)25-21(3,4)5/h7-11,14H,12-13H2,1-6H3,(H,25,27)(H2,22,23,24). The number of hydrogen-bond acceptors (Lipinski definition) is 4. The van der Waals surface area contributed by atoms with Gasteiger partial charge in [0.1, 0.15) is 0 Å². The minimum absolute atomic E-state index is 0.0804. The summed E-state index contributed by atoms with van der Waals surface area (Å²) in [4.78, 5) is 16.6. The van der Waals surface area contributed by atoms with E-state index in [-0.39, 0.29) is 11.4 Å². The van der Waals surface area contributed by atoms with Crippen LogP contribution in [0.25, 0.3) is 0 Å². The highest BCUT2D eigenvalue weighted by atomic mass is 16.5. The Hall–Kier alpha value is -2.83. The first-order chi connectivity index (χ1) is 13.2. The quantitative estimate of drug-likeness (QED) is 0.525. The monoisotopic (exact) mass is 385 g/mol. The average Bonchev–Trinajstić information content (AvgIpc) is 3.10. The third-order valence-corrected chi connectivity index (χ3v) is 3.96. The van der Waals surface area contributed by atoms with Crippen LogP contribution in [0.2, 0.25) is 0 Å². The molecule has 0 saturated carbocycles. The summed E-state index contributed by atoms with van der Waals surface area (Å²) in [7, 11) is 1.71. The molecule has 2 aromatic rings. The molecule has 0 radical (unpaired) electrons. The lowest BCUT2D eigenvalue weighted by molar-refractivity contribution is 0.0919. The van der Waals surface area contributed by atoms with E-state index in [4.69, 9.17) is 4.52 Å². The molecular weight excluding hydrogens is 354 g/mol. The Labute approximate surface area is 167 Å². The molecule has 0 bridgehead atoms. The third kappa shape index (κ3) is 6.72. The molecule has 0 atom stereocenters. The molecular formula is C21H31N5O2. The van der Waals surface area contributed by atoms with Gasteiger partial charge in [-0.15, -0.1) is 0 Å². The number of benzene rings is 1. The first-order valence-corrected chi connectivity index (χ1v) is 9.49. The second kappa shape index (κ2) is 9.39. The predicted molar refractivity (Wildman–Crippen MR) is 111 cm³/mol. The summed E-state index contributed by atoms with van der Waals surface area (Å²) in [6.07, 6.45) is 0. The van der Waals surface area contributed by atoms with Gasteiger partial charge in [0.2, 0.25) is 0 Å². The van der Waals surface area contributed by atoms with Gasteiger partial charge in [-0.2, -0.15) is 0 Å². The van der Waals surface area contributed by atoms with Crippen LogP contribution in [-0.2, 0) is 13.1 Å². The summed E-state index contributed by atoms with van der Waals surface area (Å²) in [5.41, 5.74) is 2.30. The summed E-state index contributed by atoms with van der Waals surface area (Å²) in [6, 6.07) is 9.50. The number of nitrogens with zero attached hydrogens (tertiary/aromatic N) is 2. The lowest BCUT2D eigenvalue weighted by Gasteiger charge is -2.20. The van der Waals surface area contributed by atoms with Crippen molar-refractivity contribution in [2.24, 2.45) is 4.99 Å². The Kier molecular flexibility index (Phi) is 7.20. The number of amides is 1. The first-order valence-electron chi connectivity index (χ1n) is 9.49. The number of guanidine groups is 1. The molecule has 1 aromatic heterocycles. The summed E-state index contributed by atoms with van der Waals surface area (Å²) in [5, 5.41) is 13.5. The van der Waals surface area contributed by atoms with Gasteiger partial charge in [0.05, 0.1) is 12.2 Å². The normalized spacial score (nSPS) is 12.2. The number of aliphatic imine (C=N–C) groups is 1. The van der Waals surface area contributed by atoms with E-state index in [9.17, 15) is 4.79 Å². The van der Waals surface area contributed by atoms with Gasteiger partial charge in [-0.1, -0.05) is 31.1 Å². The molecule has 1 amide bonds. The van der Waals surface area contributed by atoms with Crippen molar-refractivity contribution < 1.29 is 9.32 Å². The zero-order valence-corrected chi connectivity index (χ0v) is 17.6. The van der Waals surface area contributed by atoms with Gasteiger partial charge in [-0.05, 0) is 44.4 Å². The number of rotatable bonds is 6. The van der Waals surface area contributed by atoms with E-state index in [1.807, 2.05) is 51.1 Å². The van der Waals surface area contributed by atoms with Crippen molar-refractivity contribution in [3.63, 3.8) is 0 Å². The molecule has 0 fully saturated rings. The van der Waals surface area contributed by atoms with Gasteiger partial charge in [0.15, 0.2) is 11.7 Å². The lowest BCUT2D eigenvalue weighted by atomic mass is 10.1. The number of carbonyl (C=O) groups excluding carboxylic acids is 1. The molecule has 7 heteroatoms. The molecule has 0 aliphatic carbocycles. The molecule has 0 aliphatic heterocycles. The number of nitrogens with one attached hydrogen (secondary N) is 3. The van der Waals surface area contributed by atoms with Crippen molar-refractivity contribution >= 4 is 11.9 Å². The smallest absolute Gasteiger partial charge is 0.251 e. The van der Waals surface area contributed by atoms with E-state index in [0.717, 1.165) is 17.0 Å². The van der Waals surface area contributed by atoms with Crippen molar-refractivity contribution in [1.29, 1.82) is 0 Å². The Bertz CT molecular complexity index is 818. The Balaban J connectivity index is 1.90. The summed E-state index contributed by atoms with van der Waals surface area (Å²) < 4.78 is 5.33. The maximum absolute atomic E-state index is 12.3. The van der Waals surface area contributed by atoms with Gasteiger partial charge in [-0.3, -0.25) is 9.79 Å². The topological polar surface area (TPSA) is 91.5 Å². The van der Waals surface area contributed by atoms with E-state index in [1.54, 1.807) is 7.05 Å². The summed E-state index contributed by atoms with van der Waals surface area (Å²) in [6.45, 7) is 11.1. The van der Waals surface area contributed by atoms with Crippen LogP contribution in [0.1, 0.15) is 67.9 Å². The van der Waals surface area contributed by atoms with Gasteiger partial charge < -0.3 is 20.5 Å². The maximum Gasteiger partial charge on any atom is 0.251 e. The largest absolute Gasteiger partial charge is 0.359 e. The van der Waals surface area contributed by atoms with Crippen LogP contribution in [0.15, 0.2) is 39.8 Å². The molecule has 2 rings (SSSR count). The predicted octanol–water partition coefficient (Wildman–Crippen LogP) is 3.19. The zero-order chi connectivity index (χ0) is 20.7. The number of carbonyl (C=O) groups is 1. The fourth-order valence-corrected chi connectivity index (χ4v) is 2.50. The highest BCUT2D eigenvalue weighted by molar-refractivity contribution is 5.94. The van der Waals surface area contributed by atoms with E-state index in [1.165, 1.54) is 0 Å². The Morgan fingerprint density at radius 1 is 1.18 bits per heavy atom. The van der Waals surface area contributed by atoms with Crippen molar-refractivity contribution in [3.05, 3.63) is 52.9 Å². The molecule has 1 aromatic carbocycles. The highest BCUT2D eigenvalue weighted by Crippen LogP contribution is 2.13. The second-order valence-electron chi connectivity index (χ2n) is 8.06. The van der Waals surface area contributed by atoms with Gasteiger partial charge in [-0.25, -0.2) is 0 Å². The van der Waals surface area contributed by atoms with Gasteiger partial charge in [0.25, 0.3) is 5.91 Å². The molecule has 0 spiro atoms. The van der Waals surface area contributed by atoms with Crippen molar-refractivity contribution in [2.45, 2.75) is 59.2 Å². The molecule has 0 saturated heterocycles. The van der Waals surface area contributed by atoms with E-state index >= 15 is 0 Å². The van der Waals surface area contributed by atoms with E-state index in [0.29, 0.717) is 30.5 Å². The lowest BCUT2D eigenvalue weighted by Crippen LogP contribution is -2.40. The van der Waals surface area contributed by atoms with Gasteiger partial charge in [0, 0.05) is 30.8 Å². The van der Waals surface area contributed by atoms with Crippen LogP contribution in [-0.4, -0.2) is 29.6 Å². The van der Waals surface area contributed by atoms with E-state index in [2.05, 4.69) is 39.9 Å². The van der Waals surface area contributed by atoms with Crippen molar-refractivity contribution in [2.75, 3.05) is 7.05 Å². The zero-order valence-electron chi connectivity index (χ0n) is 17.6. The fraction of sp³-hybridized carbons (Fsp3) is 0.476. The molecule has 152 valence electrons. The van der Waals surface area contributed by atoms with Crippen LogP contribution in [0.3, 0.4) is 0 Å². The third-order valence-electron chi connectivity index (χ3n) is 3.96. The highest BCUT2D eigenvalue weighted by Gasteiger charge is 2.15. The number of hydrogen-bond donors (Lipinski definition) is 3. The summed E-state index contributed by atoms with van der Waals surface area (Å²) >= 11 is 0. The fourth-order valence-electron chi connectivity index (χ4n) is 2.50. The van der Waals surface area contributed by atoms with Crippen molar-refractivity contribution in [1.82, 2.24) is 21.1 Å². The van der Waals surface area contributed by atoms with Crippen LogP contribution >= 0.6 is 0 Å². The van der Waals surface area contributed by atoms with Crippen LogP contribution in [0, 0.1) is 0 Å². The minimum Gasteiger partial charge on any atom is -0.359 e. The number of aromatic nitrogens is 1. The molecule has 0 aliphatic rings. The molecule has 0 unspecified atom stereocenters. The van der Waals surface area contributed by atoms with E-state index < -0.39 is 0 Å². The van der Waals surface area contributed by atoms with Crippen LogP contribution in [0.4, 0.5) is 0 Å². The SMILES string of the molecule is CN=C(NCc1cccc(C(=O)NC(C)(C)C)c1)NCc1cc(C(C)C)no1. The Morgan fingerprint density at radius 3 is 2.50 bits per heavy atom. The van der Waals surface area contributed by atoms with Gasteiger partial charge >= 0.3 is 0 Å². The Morgan fingerprint density at radius 2 is 1.89 bits per heavy atom. The van der Waals surface area contributed by atoms with Crippen molar-refractivity contribution in [3.8, 4) is 0 Å². The van der Waals surface area contributed by atoms with Crippen LogP contribution < -0.4 is 16.0 Å². The second-order valence-corrected chi connectivity index (χ2v) is 8.06. The molecule has 28 heavy (non-hydrogen) atoms.